The summed E-state index contributed by atoms with van der Waals surface area (Å²) in [7, 11) is 1.30. The minimum absolute atomic E-state index is 0.302. The molecule has 0 fully saturated rings. The average molecular weight is 314 g/mol. The second kappa shape index (κ2) is 5.85. The van der Waals surface area contributed by atoms with Crippen LogP contribution in [0.1, 0.15) is 12.6 Å². The fourth-order valence-electron chi connectivity index (χ4n) is 1.79. The Hall–Kier alpha value is -1.52. The zero-order chi connectivity index (χ0) is 14.9. The Morgan fingerprint density at radius 2 is 2.00 bits per heavy atom. The molecule has 1 aromatic heterocycles. The van der Waals surface area contributed by atoms with E-state index in [9.17, 15) is 4.79 Å². The maximum atomic E-state index is 11.5. The van der Waals surface area contributed by atoms with Crippen molar-refractivity contribution >= 4 is 40.1 Å². The van der Waals surface area contributed by atoms with Crippen LogP contribution in [0.15, 0.2) is 18.2 Å². The number of ether oxygens (including phenoxy) is 2. The van der Waals surface area contributed by atoms with Crippen molar-refractivity contribution in [2.45, 2.75) is 20.0 Å². The Kier molecular flexibility index (Phi) is 4.35. The summed E-state index contributed by atoms with van der Waals surface area (Å²) in [5, 5.41) is 1.50. The molecule has 4 nitrogen and oxygen atoms in total. The first-order chi connectivity index (χ1) is 9.43. The van der Waals surface area contributed by atoms with Gasteiger partial charge in [-0.2, -0.15) is 0 Å². The summed E-state index contributed by atoms with van der Waals surface area (Å²) in [6.07, 6.45) is -0.788. The lowest BCUT2D eigenvalue weighted by molar-refractivity contribution is -0.147. The van der Waals surface area contributed by atoms with Crippen molar-refractivity contribution in [2.24, 2.45) is 0 Å². The van der Waals surface area contributed by atoms with Crippen molar-refractivity contribution in [1.29, 1.82) is 0 Å². The third-order valence-corrected chi connectivity index (χ3v) is 3.40. The van der Waals surface area contributed by atoms with Gasteiger partial charge in [0.05, 0.1) is 17.2 Å². The number of nitrogens with zero attached hydrogens (tertiary/aromatic N) is 1. The fourth-order valence-corrected chi connectivity index (χ4v) is 2.35. The zero-order valence-corrected chi connectivity index (χ0v) is 12.7. The van der Waals surface area contributed by atoms with E-state index in [2.05, 4.69) is 9.72 Å². The van der Waals surface area contributed by atoms with Crippen LogP contribution < -0.4 is 4.74 Å². The lowest BCUT2D eigenvalue weighted by Crippen LogP contribution is -2.25. The molecule has 0 saturated heterocycles. The third kappa shape index (κ3) is 2.81. The van der Waals surface area contributed by atoms with Gasteiger partial charge in [0.2, 0.25) is 0 Å². The van der Waals surface area contributed by atoms with E-state index in [1.807, 2.05) is 19.1 Å². The molecule has 2 aromatic rings. The Morgan fingerprint density at radius 3 is 2.65 bits per heavy atom. The highest BCUT2D eigenvalue weighted by Crippen LogP contribution is 2.37. The summed E-state index contributed by atoms with van der Waals surface area (Å²) < 4.78 is 10.2. The molecule has 0 N–H and O–H groups in total. The smallest absolute Gasteiger partial charge is 0.346 e. The Bertz CT molecular complexity index is 673. The van der Waals surface area contributed by atoms with E-state index in [0.717, 1.165) is 5.69 Å². The number of aromatic nitrogens is 1. The number of hydrogen-bond donors (Lipinski definition) is 0. The number of rotatable bonds is 3. The van der Waals surface area contributed by atoms with Gasteiger partial charge in [-0.15, -0.1) is 0 Å². The standard InChI is InChI=1S/C14H13Cl2NO3/c1-7-4-5-9-10(15)6-11(16)13(12(9)17-7)20-8(2)14(18)19-3/h4-6,8H,1-3H3/t8-/m0/s1. The number of benzene rings is 1. The molecule has 1 atom stereocenters. The Labute approximate surface area is 126 Å². The number of methoxy groups -OCH3 is 1. The maximum absolute atomic E-state index is 11.5. The van der Waals surface area contributed by atoms with Gasteiger partial charge in [0.1, 0.15) is 5.52 Å². The van der Waals surface area contributed by atoms with E-state index in [1.165, 1.54) is 7.11 Å². The van der Waals surface area contributed by atoms with E-state index in [1.54, 1.807) is 13.0 Å². The van der Waals surface area contributed by atoms with E-state index >= 15 is 0 Å². The van der Waals surface area contributed by atoms with Crippen molar-refractivity contribution in [3.63, 3.8) is 0 Å². The molecule has 0 saturated carbocycles. The molecule has 1 heterocycles. The number of hydrogen-bond acceptors (Lipinski definition) is 4. The van der Waals surface area contributed by atoms with Crippen molar-refractivity contribution in [3.8, 4) is 5.75 Å². The summed E-state index contributed by atoms with van der Waals surface area (Å²) in [4.78, 5) is 15.9. The molecule has 2 rings (SSSR count). The SMILES string of the molecule is COC(=O)[C@H](C)Oc1c(Cl)cc(Cl)c2ccc(C)nc12. The summed E-state index contributed by atoms with van der Waals surface area (Å²) in [6.45, 7) is 3.43. The van der Waals surface area contributed by atoms with Crippen molar-refractivity contribution in [1.82, 2.24) is 4.98 Å². The predicted molar refractivity (Wildman–Crippen MR) is 78.6 cm³/mol. The third-order valence-electron chi connectivity index (χ3n) is 2.80. The second-order valence-electron chi connectivity index (χ2n) is 4.30. The molecule has 0 bridgehead atoms. The van der Waals surface area contributed by atoms with Crippen LogP contribution in [0.5, 0.6) is 5.75 Å². The zero-order valence-electron chi connectivity index (χ0n) is 11.2. The van der Waals surface area contributed by atoms with Crippen LogP contribution in [0.2, 0.25) is 10.0 Å². The number of esters is 1. The normalized spacial score (nSPS) is 12.2. The van der Waals surface area contributed by atoms with Gasteiger partial charge in [-0.1, -0.05) is 23.2 Å². The number of carbonyl (C=O) groups excluding carboxylic acids is 1. The number of pyridine rings is 1. The molecule has 0 unspecified atom stereocenters. The molecule has 20 heavy (non-hydrogen) atoms. The molecular formula is C14H13Cl2NO3. The first kappa shape index (κ1) is 14.9. The molecule has 6 heteroatoms. The highest BCUT2D eigenvalue weighted by atomic mass is 35.5. The topological polar surface area (TPSA) is 48.4 Å². The van der Waals surface area contributed by atoms with Gasteiger partial charge in [0.25, 0.3) is 0 Å². The van der Waals surface area contributed by atoms with Crippen LogP contribution in [0, 0.1) is 6.92 Å². The van der Waals surface area contributed by atoms with Gasteiger partial charge >= 0.3 is 5.97 Å². The van der Waals surface area contributed by atoms with Gasteiger partial charge in [-0.25, -0.2) is 9.78 Å². The van der Waals surface area contributed by atoms with Crippen LogP contribution in [0.25, 0.3) is 10.9 Å². The first-order valence-corrected chi connectivity index (χ1v) is 6.69. The van der Waals surface area contributed by atoms with Crippen molar-refractivity contribution < 1.29 is 14.3 Å². The summed E-state index contributed by atoms with van der Waals surface area (Å²) in [5.74, 6) is -0.163. The predicted octanol–water partition coefficient (Wildman–Crippen LogP) is 3.79. The largest absolute Gasteiger partial charge is 0.475 e. The molecule has 0 aliphatic rings. The van der Waals surface area contributed by atoms with Crippen LogP contribution in [-0.4, -0.2) is 24.2 Å². The highest BCUT2D eigenvalue weighted by molar-refractivity contribution is 6.39. The Balaban J connectivity index is 2.57. The molecule has 0 aliphatic heterocycles. The van der Waals surface area contributed by atoms with E-state index < -0.39 is 12.1 Å². The lowest BCUT2D eigenvalue weighted by Gasteiger charge is -2.16. The summed E-state index contributed by atoms with van der Waals surface area (Å²) in [6, 6.07) is 5.25. The molecule has 106 valence electrons. The second-order valence-corrected chi connectivity index (χ2v) is 5.12. The molecule has 0 radical (unpaired) electrons. The van der Waals surface area contributed by atoms with Crippen LogP contribution in [0.3, 0.4) is 0 Å². The Morgan fingerprint density at radius 1 is 1.30 bits per heavy atom. The van der Waals surface area contributed by atoms with Crippen molar-refractivity contribution in [2.75, 3.05) is 7.11 Å². The quantitative estimate of drug-likeness (QED) is 0.809. The van der Waals surface area contributed by atoms with E-state index in [0.29, 0.717) is 26.7 Å². The molecule has 0 amide bonds. The van der Waals surface area contributed by atoms with Gasteiger partial charge in [-0.05, 0) is 32.0 Å². The average Bonchev–Trinajstić information content (AvgIpc) is 2.41. The number of halogens is 2. The van der Waals surface area contributed by atoms with E-state index in [4.69, 9.17) is 27.9 Å². The van der Waals surface area contributed by atoms with Gasteiger partial charge in [-0.3, -0.25) is 0 Å². The molecule has 0 aliphatic carbocycles. The lowest BCUT2D eigenvalue weighted by atomic mass is 10.2. The number of aryl methyl sites for hydroxylation is 1. The minimum atomic E-state index is -0.788. The van der Waals surface area contributed by atoms with Gasteiger partial charge < -0.3 is 9.47 Å². The fraction of sp³-hybridized carbons (Fsp3) is 0.286. The number of fused-ring (bicyclic) bond motifs is 1. The minimum Gasteiger partial charge on any atom is -0.475 e. The van der Waals surface area contributed by atoms with Gasteiger partial charge in [0.15, 0.2) is 11.9 Å². The van der Waals surface area contributed by atoms with E-state index in [-0.39, 0.29) is 0 Å². The highest BCUT2D eigenvalue weighted by Gasteiger charge is 2.20. The summed E-state index contributed by atoms with van der Waals surface area (Å²) >= 11 is 12.3. The number of carbonyl (C=O) groups is 1. The maximum Gasteiger partial charge on any atom is 0.346 e. The van der Waals surface area contributed by atoms with Crippen LogP contribution >= 0.6 is 23.2 Å². The van der Waals surface area contributed by atoms with Crippen LogP contribution in [-0.2, 0) is 9.53 Å². The van der Waals surface area contributed by atoms with Crippen LogP contribution in [0.4, 0.5) is 0 Å². The molecule has 1 aromatic carbocycles. The monoisotopic (exact) mass is 313 g/mol. The van der Waals surface area contributed by atoms with Gasteiger partial charge in [0, 0.05) is 11.1 Å². The molecule has 0 spiro atoms. The van der Waals surface area contributed by atoms with Crippen molar-refractivity contribution in [3.05, 3.63) is 33.9 Å². The first-order valence-electron chi connectivity index (χ1n) is 5.94. The molecular weight excluding hydrogens is 301 g/mol. The summed E-state index contributed by atoms with van der Waals surface area (Å²) in [5.41, 5.74) is 1.32.